The third-order valence-electron chi connectivity index (χ3n) is 20.7. The van der Waals surface area contributed by atoms with E-state index >= 15 is 0 Å². The van der Waals surface area contributed by atoms with Crippen LogP contribution in [0, 0.1) is 6.92 Å². The number of amides is 1. The molecule has 1 unspecified atom stereocenters. The molecular weight excluding hydrogens is 1440 g/mol. The molecule has 117 heavy (non-hydrogen) atoms. The molecule has 0 bridgehead atoms. The predicted octanol–water partition coefficient (Wildman–Crippen LogP) is 25.5. The largest absolute Gasteiger partial charge is 0.375 e. The molecule has 4 aromatic heterocycles. The lowest BCUT2D eigenvalue weighted by atomic mass is 9.93. The minimum atomic E-state index is -0.0499. The molecule has 11 rings (SSSR count). The van der Waals surface area contributed by atoms with Crippen molar-refractivity contribution in [3.05, 3.63) is 326 Å². The number of aryl methyl sites for hydroxylation is 7. The van der Waals surface area contributed by atoms with Gasteiger partial charge in [0.2, 0.25) is 0 Å². The highest BCUT2D eigenvalue weighted by atomic mass is 16.2. The van der Waals surface area contributed by atoms with E-state index in [4.69, 9.17) is 0 Å². The van der Waals surface area contributed by atoms with Gasteiger partial charge in [0.15, 0.2) is 17.3 Å². The molecular formula is C105H136N6O6. The Morgan fingerprint density at radius 3 is 1.25 bits per heavy atom. The second kappa shape index (κ2) is 53.7. The average Bonchev–Trinajstić information content (AvgIpc) is 0.825. The Morgan fingerprint density at radius 2 is 0.829 bits per heavy atom. The maximum absolute atomic E-state index is 12.5. The lowest BCUT2D eigenvalue weighted by Gasteiger charge is -2.26. The van der Waals surface area contributed by atoms with Crippen molar-refractivity contribution in [1.82, 2.24) is 25.3 Å². The van der Waals surface area contributed by atoms with E-state index in [-0.39, 0.29) is 23.5 Å². The first-order chi connectivity index (χ1) is 56.0. The second-order valence-electron chi connectivity index (χ2n) is 32.8. The van der Waals surface area contributed by atoms with Crippen LogP contribution in [-0.2, 0) is 52.9 Å². The normalized spacial score (nSPS) is 11.8. The minimum Gasteiger partial charge on any atom is -0.375 e. The topological polar surface area (TPSA) is 178 Å². The SMILES string of the molecule is CC(=O)c1ccc(C(C)C)cc1.CC(C)c1cncc(CCC(=O)C2CCc3ccccc3N2)c1.CC(C)c1cncc(CCC(=O)CCc2ccccc2)c1.CC(C)c1cncc(CCC(=O)CCc2ccccc2)c1.CCCCC(=O)c1cccc(C(C)C)c1.CCCNC(=O)c1ccc(C(C)C)cc1.Cc1ccncc1C(C)C. The second-order valence-corrected chi connectivity index (χ2v) is 32.8. The number of hydrogen-bond donors (Lipinski definition) is 2. The number of hydrogen-bond acceptors (Lipinski definition) is 11. The zero-order chi connectivity index (χ0) is 85.6. The summed E-state index contributed by atoms with van der Waals surface area (Å²) in [6.45, 7) is 38.8. The Bertz CT molecular complexity index is 4460. The van der Waals surface area contributed by atoms with Gasteiger partial charge in [0.25, 0.3) is 5.91 Å². The van der Waals surface area contributed by atoms with Crippen LogP contribution in [0.4, 0.5) is 5.69 Å². The van der Waals surface area contributed by atoms with Crippen molar-refractivity contribution in [3.8, 4) is 0 Å². The van der Waals surface area contributed by atoms with E-state index in [2.05, 4.69) is 214 Å². The highest BCUT2D eigenvalue weighted by Gasteiger charge is 2.24. The predicted molar refractivity (Wildman–Crippen MR) is 488 cm³/mol. The van der Waals surface area contributed by atoms with E-state index in [1.807, 2.05) is 166 Å². The summed E-state index contributed by atoms with van der Waals surface area (Å²) in [5.41, 5.74) is 21.0. The smallest absolute Gasteiger partial charge is 0.251 e. The molecule has 1 aliphatic heterocycles. The first-order valence-electron chi connectivity index (χ1n) is 42.9. The fourth-order valence-electron chi connectivity index (χ4n) is 12.8. The maximum Gasteiger partial charge on any atom is 0.251 e. The van der Waals surface area contributed by atoms with Gasteiger partial charge in [0.1, 0.15) is 11.6 Å². The molecule has 0 saturated heterocycles. The van der Waals surface area contributed by atoms with E-state index in [0.29, 0.717) is 97.3 Å². The molecule has 10 aromatic rings. The zero-order valence-electron chi connectivity index (χ0n) is 73.8. The average molecular weight is 1580 g/mol. The quantitative estimate of drug-likeness (QED) is 0.0395. The van der Waals surface area contributed by atoms with Crippen LogP contribution in [-0.4, -0.2) is 67.3 Å². The number of aromatic nitrogens is 4. The van der Waals surface area contributed by atoms with E-state index in [1.54, 1.807) is 6.92 Å². The van der Waals surface area contributed by atoms with Gasteiger partial charge in [-0.25, -0.2) is 0 Å². The van der Waals surface area contributed by atoms with Crippen molar-refractivity contribution >= 4 is 40.5 Å². The molecule has 1 atom stereocenters. The molecule has 0 fully saturated rings. The Kier molecular flexibility index (Phi) is 44.6. The molecule has 1 aliphatic rings. The molecule has 1 amide bonds. The first-order valence-corrected chi connectivity index (χ1v) is 42.9. The van der Waals surface area contributed by atoms with Gasteiger partial charge < -0.3 is 10.6 Å². The molecule has 0 spiro atoms. The summed E-state index contributed by atoms with van der Waals surface area (Å²) in [5.74, 6) is 4.93. The standard InChI is InChI=1S/C20H24N2O.2C19H23NO.C14H20O.C13H19NO.C11H14O.C9H13N/c1-14(2)17-11-15(12-21-13-17)7-10-20(23)19-9-8-16-5-3-4-6-18(16)22-19;2*1-15(2)18-12-17(13-20-14-18)9-11-19(21)10-8-16-6-4-3-5-7-16;1-4-5-9-14(15)13-8-6-7-12(10-13)11(2)3;1-4-9-14-13(15)12-7-5-11(6-8-12)10(2)3;1-8(2)10-4-6-11(7-5-10)9(3)12;1-7(2)9-6-10-5-4-8(9)3/h3-6,11-14,19,22H,7-10H2,1-2H3;2*3-7,12-15H,8-11H2,1-2H3;6-8,10-11H,4-5,9H2,1-3H3;5-8,10H,4,9H2,1-3H3,(H,14,15);4-8H,1-3H3;4-7H,1-3H3. The maximum atomic E-state index is 12.5. The van der Waals surface area contributed by atoms with E-state index in [0.717, 1.165) is 110 Å². The molecule has 0 radical (unpaired) electrons. The number of nitrogens with zero attached hydrogens (tertiary/aromatic N) is 4. The van der Waals surface area contributed by atoms with Gasteiger partial charge in [-0.2, -0.15) is 0 Å². The monoisotopic (exact) mass is 1580 g/mol. The van der Waals surface area contributed by atoms with Crippen LogP contribution in [0.1, 0.15) is 332 Å². The summed E-state index contributed by atoms with van der Waals surface area (Å²) in [4.78, 5) is 87.7. The van der Waals surface area contributed by atoms with Gasteiger partial charge in [-0.15, -0.1) is 0 Å². The summed E-state index contributed by atoms with van der Waals surface area (Å²) in [6, 6.07) is 60.8. The molecule has 0 aliphatic carbocycles. The number of carbonyl (C=O) groups excluding carboxylic acids is 6. The third-order valence-corrected chi connectivity index (χ3v) is 20.7. The van der Waals surface area contributed by atoms with Gasteiger partial charge >= 0.3 is 0 Å². The number of unbranched alkanes of at least 4 members (excludes halogenated alkanes) is 1. The third kappa shape index (κ3) is 37.6. The molecule has 622 valence electrons. The van der Waals surface area contributed by atoms with Crippen molar-refractivity contribution in [1.29, 1.82) is 0 Å². The van der Waals surface area contributed by atoms with Gasteiger partial charge in [0.05, 0.1) is 6.04 Å². The number of fused-ring (bicyclic) bond motifs is 1. The van der Waals surface area contributed by atoms with E-state index < -0.39 is 0 Å². The van der Waals surface area contributed by atoms with Gasteiger partial charge in [-0.3, -0.25) is 48.7 Å². The van der Waals surface area contributed by atoms with Crippen LogP contribution in [0.2, 0.25) is 0 Å². The zero-order valence-corrected chi connectivity index (χ0v) is 73.8. The molecule has 12 heteroatoms. The van der Waals surface area contributed by atoms with Crippen LogP contribution < -0.4 is 10.6 Å². The number of carbonyl (C=O) groups is 6. The number of Topliss-reactive ketones (excluding diaryl/α,β-unsaturated/α-hetero) is 5. The number of para-hydroxylation sites is 1. The van der Waals surface area contributed by atoms with Crippen molar-refractivity contribution < 1.29 is 28.8 Å². The summed E-state index contributed by atoms with van der Waals surface area (Å²) < 4.78 is 0. The van der Waals surface area contributed by atoms with Crippen LogP contribution in [0.15, 0.2) is 232 Å². The molecule has 5 heterocycles. The fourth-order valence-corrected chi connectivity index (χ4v) is 12.8. The number of benzene rings is 6. The Labute approximate surface area is 703 Å². The first kappa shape index (κ1) is 97.1. The Balaban J connectivity index is 0.000000247. The van der Waals surface area contributed by atoms with Crippen molar-refractivity contribution in [3.63, 3.8) is 0 Å². The Morgan fingerprint density at radius 1 is 0.393 bits per heavy atom. The van der Waals surface area contributed by atoms with Crippen LogP contribution in [0.5, 0.6) is 0 Å². The number of anilines is 1. The van der Waals surface area contributed by atoms with Crippen molar-refractivity contribution in [2.45, 2.75) is 275 Å². The fraction of sp³-hybridized carbons (Fsp3) is 0.410. The van der Waals surface area contributed by atoms with Crippen molar-refractivity contribution in [2.75, 3.05) is 11.9 Å². The van der Waals surface area contributed by atoms with Crippen molar-refractivity contribution in [2.24, 2.45) is 0 Å². The summed E-state index contributed by atoms with van der Waals surface area (Å²) in [7, 11) is 0. The van der Waals surface area contributed by atoms with Gasteiger partial charge in [-0.1, -0.05) is 269 Å². The summed E-state index contributed by atoms with van der Waals surface area (Å²) in [5, 5.41) is 6.26. The van der Waals surface area contributed by atoms with Crippen LogP contribution in [0.25, 0.3) is 0 Å². The number of pyridine rings is 4. The molecule has 0 saturated carbocycles. The van der Waals surface area contributed by atoms with Gasteiger partial charge in [-0.05, 0) is 221 Å². The minimum absolute atomic E-state index is 0.0205. The number of rotatable bonds is 31. The molecule has 6 aromatic carbocycles. The highest BCUT2D eigenvalue weighted by Crippen LogP contribution is 2.27. The molecule has 12 nitrogen and oxygen atoms in total. The lowest BCUT2D eigenvalue weighted by Crippen LogP contribution is -2.33. The molecule has 2 N–H and O–H groups in total. The number of ketones is 5. The lowest BCUT2D eigenvalue weighted by molar-refractivity contribution is -0.120. The van der Waals surface area contributed by atoms with E-state index in [1.165, 1.54) is 61.2 Å². The Hall–Kier alpha value is -10.5. The summed E-state index contributed by atoms with van der Waals surface area (Å²) >= 11 is 0. The van der Waals surface area contributed by atoms with Crippen LogP contribution >= 0.6 is 0 Å². The summed E-state index contributed by atoms with van der Waals surface area (Å²) in [6.07, 6.45) is 27.8. The van der Waals surface area contributed by atoms with Crippen LogP contribution in [0.3, 0.4) is 0 Å². The number of nitrogens with one attached hydrogen (secondary N) is 2. The van der Waals surface area contributed by atoms with E-state index in [9.17, 15) is 28.8 Å². The highest BCUT2D eigenvalue weighted by molar-refractivity contribution is 5.96. The van der Waals surface area contributed by atoms with Gasteiger partial charge in [0, 0.05) is 117 Å².